The largest absolute Gasteiger partial charge is 0.372 e. The van der Waals surface area contributed by atoms with Gasteiger partial charge in [0, 0.05) is 37.8 Å². The summed E-state index contributed by atoms with van der Waals surface area (Å²) in [6.07, 6.45) is 4.70. The summed E-state index contributed by atoms with van der Waals surface area (Å²) < 4.78 is 25.7. The summed E-state index contributed by atoms with van der Waals surface area (Å²) in [6, 6.07) is 6.50. The van der Waals surface area contributed by atoms with Gasteiger partial charge in [0.15, 0.2) is 15.6 Å². The van der Waals surface area contributed by atoms with Crippen LogP contribution in [0.5, 0.6) is 0 Å². The number of hydrogen-bond acceptors (Lipinski definition) is 5. The molecule has 0 amide bonds. The number of ketones is 1. The highest BCUT2D eigenvalue weighted by Crippen LogP contribution is 2.26. The molecule has 22 heavy (non-hydrogen) atoms. The summed E-state index contributed by atoms with van der Waals surface area (Å²) >= 11 is 0. The van der Waals surface area contributed by atoms with Crippen LogP contribution in [0.25, 0.3) is 0 Å². The predicted molar refractivity (Wildman–Crippen MR) is 85.1 cm³/mol. The molecular formula is C15H19N3O3S. The van der Waals surface area contributed by atoms with Crippen LogP contribution >= 0.6 is 0 Å². The molecule has 6 nitrogen and oxygen atoms in total. The minimum atomic E-state index is -3.37. The SMILES string of the molecule is CC(=O)c1ccc(S(C)(=O)=O)c(N(C)CCn2cccn2)c1. The van der Waals surface area contributed by atoms with Gasteiger partial charge in [-0.15, -0.1) is 0 Å². The van der Waals surface area contributed by atoms with Crippen molar-refractivity contribution in [2.75, 3.05) is 24.7 Å². The van der Waals surface area contributed by atoms with Gasteiger partial charge in [0.1, 0.15) is 0 Å². The number of Topliss-reactive ketones (excluding diaryl/α,β-unsaturated/α-hetero) is 1. The van der Waals surface area contributed by atoms with E-state index in [1.807, 2.05) is 17.2 Å². The molecule has 1 heterocycles. The molecule has 0 spiro atoms. The number of benzene rings is 1. The van der Waals surface area contributed by atoms with E-state index < -0.39 is 9.84 Å². The van der Waals surface area contributed by atoms with E-state index in [9.17, 15) is 13.2 Å². The molecule has 0 aliphatic rings. The first kappa shape index (κ1) is 16.2. The lowest BCUT2D eigenvalue weighted by atomic mass is 10.1. The standard InChI is InChI=1S/C15H19N3O3S/c1-12(19)13-5-6-15(22(3,20)21)14(11-13)17(2)9-10-18-8-4-7-16-18/h4-8,11H,9-10H2,1-3H3. The molecule has 0 bridgehead atoms. The minimum Gasteiger partial charge on any atom is -0.372 e. The van der Waals surface area contributed by atoms with E-state index in [1.54, 1.807) is 30.1 Å². The Morgan fingerprint density at radius 2 is 2.09 bits per heavy atom. The zero-order chi connectivity index (χ0) is 16.3. The highest BCUT2D eigenvalue weighted by atomic mass is 32.2. The highest BCUT2D eigenvalue weighted by molar-refractivity contribution is 7.90. The van der Waals surface area contributed by atoms with Crippen molar-refractivity contribution >= 4 is 21.3 Å². The third-order valence-electron chi connectivity index (χ3n) is 3.40. The Bertz CT molecular complexity index is 767. The van der Waals surface area contributed by atoms with Gasteiger partial charge in [-0.2, -0.15) is 5.10 Å². The normalized spacial score (nSPS) is 11.4. The van der Waals surface area contributed by atoms with Gasteiger partial charge in [-0.1, -0.05) is 0 Å². The third-order valence-corrected chi connectivity index (χ3v) is 4.54. The molecule has 2 aromatic rings. The number of anilines is 1. The molecule has 0 N–H and O–H groups in total. The Hall–Kier alpha value is -2.15. The van der Waals surface area contributed by atoms with Gasteiger partial charge in [0.25, 0.3) is 0 Å². The van der Waals surface area contributed by atoms with Crippen LogP contribution in [-0.4, -0.2) is 43.8 Å². The number of rotatable bonds is 6. The molecule has 7 heteroatoms. The third kappa shape index (κ3) is 3.73. The van der Waals surface area contributed by atoms with Crippen molar-refractivity contribution < 1.29 is 13.2 Å². The van der Waals surface area contributed by atoms with Gasteiger partial charge in [0.2, 0.25) is 0 Å². The van der Waals surface area contributed by atoms with Gasteiger partial charge in [0.05, 0.1) is 17.1 Å². The first-order chi connectivity index (χ1) is 10.3. The summed E-state index contributed by atoms with van der Waals surface area (Å²) in [7, 11) is -1.57. The fourth-order valence-electron chi connectivity index (χ4n) is 2.15. The van der Waals surface area contributed by atoms with Crippen LogP contribution in [0.4, 0.5) is 5.69 Å². The van der Waals surface area contributed by atoms with E-state index in [1.165, 1.54) is 19.2 Å². The second-order valence-corrected chi connectivity index (χ2v) is 7.19. The van der Waals surface area contributed by atoms with Gasteiger partial charge in [-0.25, -0.2) is 8.42 Å². The number of aromatic nitrogens is 2. The molecule has 0 saturated heterocycles. The van der Waals surface area contributed by atoms with Crippen molar-refractivity contribution in [3.63, 3.8) is 0 Å². The Balaban J connectivity index is 2.33. The lowest BCUT2D eigenvalue weighted by Gasteiger charge is -2.22. The second kappa shape index (κ2) is 6.31. The number of carbonyl (C=O) groups is 1. The van der Waals surface area contributed by atoms with Crippen molar-refractivity contribution in [3.8, 4) is 0 Å². The predicted octanol–water partition coefficient (Wildman–Crippen LogP) is 1.63. The van der Waals surface area contributed by atoms with Crippen molar-refractivity contribution in [2.45, 2.75) is 18.4 Å². The van der Waals surface area contributed by atoms with E-state index in [4.69, 9.17) is 0 Å². The molecular weight excluding hydrogens is 302 g/mol. The Labute approximate surface area is 130 Å². The molecule has 0 aliphatic carbocycles. The highest BCUT2D eigenvalue weighted by Gasteiger charge is 2.18. The maximum atomic E-state index is 11.9. The van der Waals surface area contributed by atoms with Crippen LogP contribution in [0.3, 0.4) is 0 Å². The number of sulfone groups is 1. The first-order valence-corrected chi connectivity index (χ1v) is 8.72. The van der Waals surface area contributed by atoms with Crippen molar-refractivity contribution in [1.29, 1.82) is 0 Å². The quantitative estimate of drug-likeness (QED) is 0.756. The minimum absolute atomic E-state index is 0.0956. The summed E-state index contributed by atoms with van der Waals surface area (Å²) in [6.45, 7) is 2.66. The first-order valence-electron chi connectivity index (χ1n) is 6.82. The van der Waals surface area contributed by atoms with Crippen LogP contribution in [0, 0.1) is 0 Å². The Morgan fingerprint density at radius 3 is 2.64 bits per heavy atom. The van der Waals surface area contributed by atoms with Gasteiger partial charge < -0.3 is 4.90 Å². The topological polar surface area (TPSA) is 72.3 Å². The van der Waals surface area contributed by atoms with Crippen LogP contribution in [-0.2, 0) is 16.4 Å². The van der Waals surface area contributed by atoms with Crippen LogP contribution in [0.1, 0.15) is 17.3 Å². The van der Waals surface area contributed by atoms with Gasteiger partial charge in [-0.3, -0.25) is 9.48 Å². The molecule has 0 saturated carbocycles. The van der Waals surface area contributed by atoms with Crippen molar-refractivity contribution in [1.82, 2.24) is 9.78 Å². The number of hydrogen-bond donors (Lipinski definition) is 0. The summed E-state index contributed by atoms with van der Waals surface area (Å²) in [5.41, 5.74) is 1.02. The van der Waals surface area contributed by atoms with E-state index in [2.05, 4.69) is 5.10 Å². The molecule has 0 unspecified atom stereocenters. The zero-order valence-electron chi connectivity index (χ0n) is 12.9. The molecule has 0 fully saturated rings. The number of carbonyl (C=O) groups excluding carboxylic acids is 1. The Kier molecular flexibility index (Phi) is 4.65. The fraction of sp³-hybridized carbons (Fsp3) is 0.333. The lowest BCUT2D eigenvalue weighted by molar-refractivity contribution is 0.101. The maximum absolute atomic E-state index is 11.9. The molecule has 1 aromatic carbocycles. The van der Waals surface area contributed by atoms with Crippen LogP contribution < -0.4 is 4.90 Å². The second-order valence-electron chi connectivity index (χ2n) is 5.20. The molecule has 2 rings (SSSR count). The van der Waals surface area contributed by atoms with Crippen LogP contribution in [0.15, 0.2) is 41.6 Å². The Morgan fingerprint density at radius 1 is 1.36 bits per heavy atom. The summed E-state index contributed by atoms with van der Waals surface area (Å²) in [4.78, 5) is 13.6. The van der Waals surface area contributed by atoms with Crippen molar-refractivity contribution in [2.24, 2.45) is 0 Å². The maximum Gasteiger partial charge on any atom is 0.177 e. The lowest BCUT2D eigenvalue weighted by Crippen LogP contribution is -2.25. The average molecular weight is 321 g/mol. The fourth-order valence-corrected chi connectivity index (χ4v) is 3.06. The van der Waals surface area contributed by atoms with E-state index in [0.29, 0.717) is 24.3 Å². The average Bonchev–Trinajstić information content (AvgIpc) is 2.96. The molecule has 0 radical (unpaired) electrons. The van der Waals surface area contributed by atoms with Crippen molar-refractivity contribution in [3.05, 3.63) is 42.2 Å². The molecule has 1 aromatic heterocycles. The van der Waals surface area contributed by atoms with E-state index in [0.717, 1.165) is 0 Å². The number of likely N-dealkylation sites (N-methyl/N-ethyl adjacent to an activating group) is 1. The van der Waals surface area contributed by atoms with Crippen LogP contribution in [0.2, 0.25) is 0 Å². The molecule has 0 aliphatic heterocycles. The smallest absolute Gasteiger partial charge is 0.177 e. The molecule has 118 valence electrons. The monoisotopic (exact) mass is 321 g/mol. The summed E-state index contributed by atoms with van der Waals surface area (Å²) in [5.74, 6) is -0.0956. The van der Waals surface area contributed by atoms with E-state index >= 15 is 0 Å². The summed E-state index contributed by atoms with van der Waals surface area (Å²) in [5, 5.41) is 4.12. The molecule has 0 atom stereocenters. The zero-order valence-corrected chi connectivity index (χ0v) is 13.7. The van der Waals surface area contributed by atoms with Gasteiger partial charge >= 0.3 is 0 Å². The number of nitrogens with zero attached hydrogens (tertiary/aromatic N) is 3. The van der Waals surface area contributed by atoms with Gasteiger partial charge in [-0.05, 0) is 31.2 Å². The van der Waals surface area contributed by atoms with E-state index in [-0.39, 0.29) is 10.7 Å².